The Balaban J connectivity index is 1.85. The number of halogens is 1. The molecule has 2 rings (SSSR count). The van der Waals surface area contributed by atoms with Crippen LogP contribution in [0.2, 0.25) is 0 Å². The maximum absolute atomic E-state index is 11.8. The van der Waals surface area contributed by atoms with Gasteiger partial charge in [-0.2, -0.15) is 5.26 Å². The molecule has 0 radical (unpaired) electrons. The largest absolute Gasteiger partial charge is 0.482 e. The first-order valence-corrected chi connectivity index (χ1v) is 7.18. The van der Waals surface area contributed by atoms with Gasteiger partial charge in [0.05, 0.1) is 5.56 Å². The molecule has 1 aliphatic rings. The summed E-state index contributed by atoms with van der Waals surface area (Å²) in [6.07, 6.45) is 1.65. The van der Waals surface area contributed by atoms with Crippen LogP contribution in [0, 0.1) is 11.3 Å². The maximum Gasteiger partial charge on any atom is 0.258 e. The van der Waals surface area contributed by atoms with Gasteiger partial charge in [0.1, 0.15) is 11.8 Å². The van der Waals surface area contributed by atoms with Crippen molar-refractivity contribution in [3.05, 3.63) is 28.2 Å². The van der Waals surface area contributed by atoms with Crippen molar-refractivity contribution in [3.8, 4) is 11.8 Å². The zero-order chi connectivity index (χ0) is 14.4. The third-order valence-electron chi connectivity index (χ3n) is 3.01. The van der Waals surface area contributed by atoms with Crippen molar-refractivity contribution in [1.82, 2.24) is 5.32 Å². The highest BCUT2D eigenvalue weighted by Gasteiger charge is 2.16. The van der Waals surface area contributed by atoms with E-state index in [2.05, 4.69) is 21.2 Å². The van der Waals surface area contributed by atoms with Gasteiger partial charge in [-0.1, -0.05) is 15.9 Å². The molecule has 0 bridgehead atoms. The lowest BCUT2D eigenvalue weighted by Gasteiger charge is -2.23. The van der Waals surface area contributed by atoms with Gasteiger partial charge in [-0.25, -0.2) is 0 Å². The molecule has 1 saturated heterocycles. The van der Waals surface area contributed by atoms with Crippen LogP contribution >= 0.6 is 15.9 Å². The number of carbonyl (C=O) groups is 1. The van der Waals surface area contributed by atoms with Crippen LogP contribution in [0.1, 0.15) is 18.4 Å². The van der Waals surface area contributed by atoms with Gasteiger partial charge in [0, 0.05) is 23.7 Å². The highest BCUT2D eigenvalue weighted by molar-refractivity contribution is 9.10. The molecule has 1 heterocycles. The van der Waals surface area contributed by atoms with Crippen molar-refractivity contribution in [2.45, 2.75) is 18.9 Å². The molecule has 20 heavy (non-hydrogen) atoms. The Morgan fingerprint density at radius 2 is 2.25 bits per heavy atom. The van der Waals surface area contributed by atoms with Crippen LogP contribution in [0.3, 0.4) is 0 Å². The molecule has 0 aliphatic carbocycles. The number of amides is 1. The zero-order valence-corrected chi connectivity index (χ0v) is 12.5. The number of benzene rings is 1. The van der Waals surface area contributed by atoms with E-state index in [9.17, 15) is 4.79 Å². The van der Waals surface area contributed by atoms with E-state index >= 15 is 0 Å². The fraction of sp³-hybridized carbons (Fsp3) is 0.429. The van der Waals surface area contributed by atoms with Crippen LogP contribution in [-0.4, -0.2) is 31.8 Å². The van der Waals surface area contributed by atoms with E-state index in [4.69, 9.17) is 14.7 Å². The van der Waals surface area contributed by atoms with Crippen molar-refractivity contribution in [2.24, 2.45) is 0 Å². The highest BCUT2D eigenvalue weighted by Crippen LogP contribution is 2.22. The molecular formula is C14H15BrN2O3. The molecule has 1 fully saturated rings. The van der Waals surface area contributed by atoms with E-state index < -0.39 is 0 Å². The number of nitrogens with one attached hydrogen (secondary N) is 1. The molecule has 1 N–H and O–H groups in total. The average Bonchev–Trinajstić information content (AvgIpc) is 2.47. The summed E-state index contributed by atoms with van der Waals surface area (Å²) < 4.78 is 11.4. The smallest absolute Gasteiger partial charge is 0.258 e. The Morgan fingerprint density at radius 3 is 2.95 bits per heavy atom. The second-order valence-electron chi connectivity index (χ2n) is 4.50. The van der Waals surface area contributed by atoms with E-state index in [-0.39, 0.29) is 18.6 Å². The summed E-state index contributed by atoms with van der Waals surface area (Å²) in [5, 5.41) is 11.9. The van der Waals surface area contributed by atoms with Crippen LogP contribution in [0.5, 0.6) is 5.75 Å². The van der Waals surface area contributed by atoms with E-state index in [1.807, 2.05) is 6.07 Å². The lowest BCUT2D eigenvalue weighted by atomic mass is 10.1. The topological polar surface area (TPSA) is 71.3 Å². The minimum absolute atomic E-state index is 0.0896. The van der Waals surface area contributed by atoms with Gasteiger partial charge < -0.3 is 14.8 Å². The predicted molar refractivity (Wildman–Crippen MR) is 76.3 cm³/mol. The van der Waals surface area contributed by atoms with Crippen molar-refractivity contribution >= 4 is 21.8 Å². The number of ether oxygens (including phenoxy) is 2. The number of hydrogen-bond donors (Lipinski definition) is 1. The molecule has 0 aromatic heterocycles. The van der Waals surface area contributed by atoms with Crippen LogP contribution in [-0.2, 0) is 9.53 Å². The Bertz CT molecular complexity index is 522. The minimum Gasteiger partial charge on any atom is -0.482 e. The van der Waals surface area contributed by atoms with Gasteiger partial charge in [0.15, 0.2) is 6.61 Å². The Morgan fingerprint density at radius 1 is 1.50 bits per heavy atom. The third kappa shape index (κ3) is 4.22. The lowest BCUT2D eigenvalue weighted by Crippen LogP contribution is -2.41. The number of rotatable bonds is 4. The molecule has 5 nitrogen and oxygen atoms in total. The summed E-state index contributed by atoms with van der Waals surface area (Å²) in [5.74, 6) is 0.238. The molecule has 1 aliphatic heterocycles. The summed E-state index contributed by atoms with van der Waals surface area (Å²) >= 11 is 3.29. The van der Waals surface area contributed by atoms with E-state index in [1.54, 1.807) is 18.2 Å². The van der Waals surface area contributed by atoms with Crippen molar-refractivity contribution in [1.29, 1.82) is 5.26 Å². The monoisotopic (exact) mass is 338 g/mol. The Labute approximate surface area is 126 Å². The zero-order valence-electron chi connectivity index (χ0n) is 10.9. The first kappa shape index (κ1) is 14.8. The van der Waals surface area contributed by atoms with Crippen molar-refractivity contribution < 1.29 is 14.3 Å². The molecule has 1 amide bonds. The second-order valence-corrected chi connectivity index (χ2v) is 5.41. The standard InChI is InChI=1S/C14H15BrN2O3/c15-11-1-2-13(10(7-11)8-16)20-9-14(18)17-12-3-5-19-6-4-12/h1-2,7,12H,3-6,9H2,(H,17,18). The molecule has 0 unspecified atom stereocenters. The predicted octanol–water partition coefficient (Wildman–Crippen LogP) is 1.99. The quantitative estimate of drug-likeness (QED) is 0.911. The minimum atomic E-state index is -0.177. The summed E-state index contributed by atoms with van der Waals surface area (Å²) in [6, 6.07) is 7.29. The SMILES string of the molecule is N#Cc1cc(Br)ccc1OCC(=O)NC1CCOCC1. The maximum atomic E-state index is 11.8. The van der Waals surface area contributed by atoms with E-state index in [0.717, 1.165) is 17.3 Å². The molecule has 0 saturated carbocycles. The summed E-state index contributed by atoms with van der Waals surface area (Å²) in [5.41, 5.74) is 0.401. The van der Waals surface area contributed by atoms with E-state index in [0.29, 0.717) is 24.5 Å². The number of hydrogen-bond acceptors (Lipinski definition) is 4. The number of nitriles is 1. The molecule has 0 spiro atoms. The Kier molecular flexibility index (Phi) is 5.39. The molecule has 6 heteroatoms. The molecule has 0 atom stereocenters. The van der Waals surface area contributed by atoms with Crippen LogP contribution in [0.4, 0.5) is 0 Å². The Hall–Kier alpha value is -1.58. The number of carbonyl (C=O) groups excluding carboxylic acids is 1. The van der Waals surface area contributed by atoms with Gasteiger partial charge in [-0.05, 0) is 31.0 Å². The molecule has 1 aromatic carbocycles. The molecule has 106 valence electrons. The van der Waals surface area contributed by atoms with Gasteiger partial charge in [0.25, 0.3) is 5.91 Å². The second kappa shape index (κ2) is 7.27. The molecule has 1 aromatic rings. The lowest BCUT2D eigenvalue weighted by molar-refractivity contribution is -0.124. The third-order valence-corrected chi connectivity index (χ3v) is 3.50. The first-order chi connectivity index (χ1) is 9.69. The van der Waals surface area contributed by atoms with Gasteiger partial charge in [0.2, 0.25) is 0 Å². The van der Waals surface area contributed by atoms with Crippen LogP contribution < -0.4 is 10.1 Å². The van der Waals surface area contributed by atoms with Crippen molar-refractivity contribution in [3.63, 3.8) is 0 Å². The highest BCUT2D eigenvalue weighted by atomic mass is 79.9. The van der Waals surface area contributed by atoms with Crippen LogP contribution in [0.25, 0.3) is 0 Å². The van der Waals surface area contributed by atoms with E-state index in [1.165, 1.54) is 0 Å². The molecular weight excluding hydrogens is 324 g/mol. The fourth-order valence-electron chi connectivity index (χ4n) is 1.97. The summed E-state index contributed by atoms with van der Waals surface area (Å²) in [4.78, 5) is 11.8. The average molecular weight is 339 g/mol. The summed E-state index contributed by atoms with van der Waals surface area (Å²) in [7, 11) is 0. The van der Waals surface area contributed by atoms with Crippen LogP contribution in [0.15, 0.2) is 22.7 Å². The number of nitrogens with zero attached hydrogens (tertiary/aromatic N) is 1. The van der Waals surface area contributed by atoms with Gasteiger partial charge >= 0.3 is 0 Å². The van der Waals surface area contributed by atoms with Gasteiger partial charge in [-0.3, -0.25) is 4.79 Å². The summed E-state index contributed by atoms with van der Waals surface area (Å²) in [6.45, 7) is 1.27. The van der Waals surface area contributed by atoms with Crippen molar-refractivity contribution in [2.75, 3.05) is 19.8 Å². The normalized spacial score (nSPS) is 15.4. The first-order valence-electron chi connectivity index (χ1n) is 6.38. The fourth-order valence-corrected chi connectivity index (χ4v) is 2.33. The van der Waals surface area contributed by atoms with Gasteiger partial charge in [-0.15, -0.1) is 0 Å².